The van der Waals surface area contributed by atoms with Crippen molar-refractivity contribution in [3.63, 3.8) is 0 Å². The van der Waals surface area contributed by atoms with Gasteiger partial charge in [-0.15, -0.1) is 0 Å². The Kier molecular flexibility index (Phi) is 4.50. The molecule has 7 heteroatoms. The first-order valence-electron chi connectivity index (χ1n) is 8.63. The molecule has 0 aliphatic carbocycles. The minimum Gasteiger partial charge on any atom is -0.486 e. The SMILES string of the molecule is O=C1CCc2cc(C(=O)OCC(=O)c3ccc4c(c3)OCCO4)ccc2N1. The highest BCUT2D eigenvalue weighted by Gasteiger charge is 2.19. The van der Waals surface area contributed by atoms with Crippen LogP contribution in [0.1, 0.15) is 32.7 Å². The summed E-state index contributed by atoms with van der Waals surface area (Å²) in [5, 5.41) is 2.76. The Balaban J connectivity index is 1.40. The highest BCUT2D eigenvalue weighted by atomic mass is 16.6. The maximum atomic E-state index is 12.3. The fourth-order valence-corrected chi connectivity index (χ4v) is 3.02. The normalized spacial score (nSPS) is 14.7. The quantitative estimate of drug-likeness (QED) is 0.659. The van der Waals surface area contributed by atoms with Crippen LogP contribution in [0.15, 0.2) is 36.4 Å². The Morgan fingerprint density at radius 2 is 1.74 bits per heavy atom. The smallest absolute Gasteiger partial charge is 0.338 e. The van der Waals surface area contributed by atoms with Crippen molar-refractivity contribution in [3.05, 3.63) is 53.1 Å². The average Bonchev–Trinajstić information content (AvgIpc) is 2.71. The predicted octanol–water partition coefficient (Wildman–Crippen LogP) is 2.38. The van der Waals surface area contributed by atoms with Gasteiger partial charge < -0.3 is 19.5 Å². The zero-order valence-electron chi connectivity index (χ0n) is 14.4. The Hall–Kier alpha value is -3.35. The lowest BCUT2D eigenvalue weighted by Gasteiger charge is -2.18. The van der Waals surface area contributed by atoms with Crippen LogP contribution in [0.2, 0.25) is 0 Å². The second-order valence-corrected chi connectivity index (χ2v) is 6.28. The Labute approximate surface area is 155 Å². The van der Waals surface area contributed by atoms with Crippen LogP contribution in [0.25, 0.3) is 0 Å². The molecule has 2 aromatic carbocycles. The molecule has 2 heterocycles. The summed E-state index contributed by atoms with van der Waals surface area (Å²) in [5.41, 5.74) is 2.32. The Morgan fingerprint density at radius 3 is 2.59 bits per heavy atom. The number of ether oxygens (including phenoxy) is 3. The molecule has 1 N–H and O–H groups in total. The van der Waals surface area contributed by atoms with Crippen molar-refractivity contribution in [3.8, 4) is 11.5 Å². The highest BCUT2D eigenvalue weighted by molar-refractivity contribution is 6.00. The Morgan fingerprint density at radius 1 is 0.963 bits per heavy atom. The van der Waals surface area contributed by atoms with E-state index in [1.165, 1.54) is 0 Å². The topological polar surface area (TPSA) is 90.9 Å². The van der Waals surface area contributed by atoms with E-state index < -0.39 is 5.97 Å². The first-order valence-corrected chi connectivity index (χ1v) is 8.63. The minimum atomic E-state index is -0.583. The summed E-state index contributed by atoms with van der Waals surface area (Å²) < 4.78 is 16.0. The summed E-state index contributed by atoms with van der Waals surface area (Å²) in [4.78, 5) is 36.0. The lowest BCUT2D eigenvalue weighted by Crippen LogP contribution is -2.20. The molecule has 0 fully saturated rings. The number of carbonyl (C=O) groups excluding carboxylic acids is 3. The summed E-state index contributed by atoms with van der Waals surface area (Å²) in [5.74, 6) is 0.153. The van der Waals surface area contributed by atoms with Gasteiger partial charge >= 0.3 is 5.97 Å². The molecule has 0 saturated carbocycles. The number of benzene rings is 2. The first kappa shape index (κ1) is 17.1. The van der Waals surface area contributed by atoms with E-state index in [9.17, 15) is 14.4 Å². The molecule has 0 unspecified atom stereocenters. The van der Waals surface area contributed by atoms with Crippen molar-refractivity contribution in [1.82, 2.24) is 0 Å². The molecular formula is C20H17NO6. The molecule has 0 spiro atoms. The molecule has 0 bridgehead atoms. The van der Waals surface area contributed by atoms with Gasteiger partial charge in [-0.1, -0.05) is 0 Å². The molecule has 2 aromatic rings. The highest BCUT2D eigenvalue weighted by Crippen LogP contribution is 2.31. The molecule has 1 amide bonds. The largest absolute Gasteiger partial charge is 0.486 e. The van der Waals surface area contributed by atoms with E-state index in [0.29, 0.717) is 54.4 Å². The van der Waals surface area contributed by atoms with Gasteiger partial charge in [0.2, 0.25) is 5.91 Å². The number of ketones is 1. The third-order valence-corrected chi connectivity index (χ3v) is 4.43. The molecule has 4 rings (SSSR count). The van der Waals surface area contributed by atoms with Gasteiger partial charge in [-0.05, 0) is 48.4 Å². The third-order valence-electron chi connectivity index (χ3n) is 4.43. The number of nitrogens with one attached hydrogen (secondary N) is 1. The minimum absolute atomic E-state index is 0.0390. The molecule has 0 saturated heterocycles. The second-order valence-electron chi connectivity index (χ2n) is 6.28. The standard InChI is InChI=1S/C20H17NO6/c22-16(13-2-5-17-18(10-13)26-8-7-25-17)11-27-20(24)14-1-4-15-12(9-14)3-6-19(23)21-15/h1-2,4-5,9-10H,3,6-8,11H2,(H,21,23). The van der Waals surface area contributed by atoms with Crippen LogP contribution in [-0.4, -0.2) is 37.5 Å². The third kappa shape index (κ3) is 3.62. The van der Waals surface area contributed by atoms with E-state index in [-0.39, 0.29) is 18.3 Å². The zero-order valence-corrected chi connectivity index (χ0v) is 14.4. The molecule has 7 nitrogen and oxygen atoms in total. The van der Waals surface area contributed by atoms with Gasteiger partial charge in [0.25, 0.3) is 0 Å². The summed E-state index contributed by atoms with van der Waals surface area (Å²) >= 11 is 0. The number of anilines is 1. The number of Topliss-reactive ketones (excluding diaryl/α,β-unsaturated/α-hetero) is 1. The van der Waals surface area contributed by atoms with Crippen LogP contribution in [0.4, 0.5) is 5.69 Å². The lowest BCUT2D eigenvalue weighted by molar-refractivity contribution is -0.116. The molecule has 0 atom stereocenters. The van der Waals surface area contributed by atoms with Gasteiger partial charge in [0, 0.05) is 17.7 Å². The fourth-order valence-electron chi connectivity index (χ4n) is 3.02. The van der Waals surface area contributed by atoms with E-state index in [4.69, 9.17) is 14.2 Å². The number of aryl methyl sites for hydroxylation is 1. The van der Waals surface area contributed by atoms with Crippen LogP contribution in [-0.2, 0) is 16.0 Å². The number of hydrogen-bond acceptors (Lipinski definition) is 6. The van der Waals surface area contributed by atoms with Gasteiger partial charge in [-0.3, -0.25) is 9.59 Å². The van der Waals surface area contributed by atoms with Gasteiger partial charge in [0.05, 0.1) is 5.56 Å². The zero-order chi connectivity index (χ0) is 18.8. The van der Waals surface area contributed by atoms with Crippen LogP contribution in [0.5, 0.6) is 11.5 Å². The first-order chi connectivity index (χ1) is 13.1. The predicted molar refractivity (Wildman–Crippen MR) is 95.4 cm³/mol. The van der Waals surface area contributed by atoms with E-state index in [2.05, 4.69) is 5.32 Å². The van der Waals surface area contributed by atoms with Crippen LogP contribution in [0.3, 0.4) is 0 Å². The van der Waals surface area contributed by atoms with Crippen molar-refractivity contribution in [2.75, 3.05) is 25.1 Å². The summed E-state index contributed by atoms with van der Waals surface area (Å²) in [6.07, 6.45) is 0.951. The fraction of sp³-hybridized carbons (Fsp3) is 0.250. The maximum Gasteiger partial charge on any atom is 0.338 e. The van der Waals surface area contributed by atoms with Crippen LogP contribution >= 0.6 is 0 Å². The van der Waals surface area contributed by atoms with Crippen LogP contribution in [0, 0.1) is 0 Å². The number of rotatable bonds is 4. The van der Waals surface area contributed by atoms with Gasteiger partial charge in [0.1, 0.15) is 13.2 Å². The van der Waals surface area contributed by atoms with Gasteiger partial charge in [0.15, 0.2) is 23.9 Å². The monoisotopic (exact) mass is 367 g/mol. The lowest BCUT2D eigenvalue weighted by atomic mass is 10.0. The van der Waals surface area contributed by atoms with Gasteiger partial charge in [-0.25, -0.2) is 4.79 Å². The molecule has 0 aromatic heterocycles. The molecule has 0 radical (unpaired) electrons. The van der Waals surface area contributed by atoms with E-state index >= 15 is 0 Å². The second kappa shape index (κ2) is 7.11. The molecule has 27 heavy (non-hydrogen) atoms. The number of carbonyl (C=O) groups is 3. The van der Waals surface area contributed by atoms with Crippen molar-refractivity contribution >= 4 is 23.3 Å². The van der Waals surface area contributed by atoms with Crippen molar-refractivity contribution < 1.29 is 28.6 Å². The summed E-state index contributed by atoms with van der Waals surface area (Å²) in [6.45, 7) is 0.535. The number of amides is 1. The number of fused-ring (bicyclic) bond motifs is 2. The molecule has 138 valence electrons. The van der Waals surface area contributed by atoms with Crippen molar-refractivity contribution in [2.45, 2.75) is 12.8 Å². The van der Waals surface area contributed by atoms with Gasteiger partial charge in [-0.2, -0.15) is 0 Å². The van der Waals surface area contributed by atoms with E-state index in [1.54, 1.807) is 36.4 Å². The average molecular weight is 367 g/mol. The number of esters is 1. The summed E-state index contributed by atoms with van der Waals surface area (Å²) in [6, 6.07) is 9.80. The number of hydrogen-bond donors (Lipinski definition) is 1. The van der Waals surface area contributed by atoms with Crippen LogP contribution < -0.4 is 14.8 Å². The Bertz CT molecular complexity index is 936. The van der Waals surface area contributed by atoms with E-state index in [1.807, 2.05) is 0 Å². The van der Waals surface area contributed by atoms with Crippen molar-refractivity contribution in [1.29, 1.82) is 0 Å². The summed E-state index contributed by atoms with van der Waals surface area (Å²) in [7, 11) is 0. The maximum absolute atomic E-state index is 12.3. The molecular weight excluding hydrogens is 350 g/mol. The molecule has 2 aliphatic rings. The van der Waals surface area contributed by atoms with E-state index in [0.717, 1.165) is 5.56 Å². The molecule has 2 aliphatic heterocycles. The van der Waals surface area contributed by atoms with Crippen molar-refractivity contribution in [2.24, 2.45) is 0 Å².